The smallest absolute Gasteiger partial charge is 0.338 e. The van der Waals surface area contributed by atoms with Crippen molar-refractivity contribution in [2.45, 2.75) is 13.1 Å². The molecule has 0 unspecified atom stereocenters. The van der Waals surface area contributed by atoms with Crippen molar-refractivity contribution in [3.05, 3.63) is 82.8 Å². The van der Waals surface area contributed by atoms with Crippen molar-refractivity contribution in [2.75, 3.05) is 13.4 Å². The topological polar surface area (TPSA) is 124 Å². The second-order valence-electron chi connectivity index (χ2n) is 7.58. The number of carbonyl (C=O) groups excluding carboxylic acids is 4. The molecule has 3 aromatic rings. The molecular formula is C24H18N2O8. The molecule has 0 bridgehead atoms. The number of rotatable bonds is 7. The molecule has 0 atom stereocenters. The highest BCUT2D eigenvalue weighted by Crippen LogP contribution is 2.32. The predicted molar refractivity (Wildman–Crippen MR) is 114 cm³/mol. The fourth-order valence-corrected chi connectivity index (χ4v) is 3.64. The first-order chi connectivity index (χ1) is 16.5. The van der Waals surface area contributed by atoms with Crippen LogP contribution in [0.25, 0.3) is 0 Å². The molecule has 0 spiro atoms. The van der Waals surface area contributed by atoms with Crippen molar-refractivity contribution < 1.29 is 37.8 Å². The maximum Gasteiger partial charge on any atom is 0.338 e. The van der Waals surface area contributed by atoms with Gasteiger partial charge in [0.1, 0.15) is 5.76 Å². The summed E-state index contributed by atoms with van der Waals surface area (Å²) in [5.74, 6) is -0.588. The van der Waals surface area contributed by atoms with Crippen molar-refractivity contribution >= 4 is 23.7 Å². The SMILES string of the molecule is O=C(COC(=O)c1ccc2c(c1)C(=O)N(Cc1ccco1)C2=O)NCc1ccc2c(c1)OCO2. The number of benzene rings is 2. The van der Waals surface area contributed by atoms with Gasteiger partial charge in [0.25, 0.3) is 17.7 Å². The van der Waals surface area contributed by atoms with Crippen LogP contribution in [0.15, 0.2) is 59.2 Å². The Bertz CT molecular complexity index is 1300. The quantitative estimate of drug-likeness (QED) is 0.419. The average molecular weight is 462 g/mol. The third kappa shape index (κ3) is 4.08. The molecule has 1 N–H and O–H groups in total. The van der Waals surface area contributed by atoms with E-state index in [2.05, 4.69) is 5.32 Å². The Morgan fingerprint density at radius 3 is 2.62 bits per heavy atom. The molecule has 0 aliphatic carbocycles. The molecule has 2 aromatic carbocycles. The summed E-state index contributed by atoms with van der Waals surface area (Å²) in [7, 11) is 0. The highest BCUT2D eigenvalue weighted by molar-refractivity contribution is 6.21. The molecule has 34 heavy (non-hydrogen) atoms. The van der Waals surface area contributed by atoms with Gasteiger partial charge in [-0.1, -0.05) is 6.07 Å². The number of nitrogens with one attached hydrogen (secondary N) is 1. The van der Waals surface area contributed by atoms with Gasteiger partial charge in [0, 0.05) is 6.54 Å². The normalized spacial score (nSPS) is 13.7. The first-order valence-corrected chi connectivity index (χ1v) is 10.3. The Morgan fingerprint density at radius 2 is 1.79 bits per heavy atom. The highest BCUT2D eigenvalue weighted by atomic mass is 16.7. The Balaban J connectivity index is 1.17. The molecule has 3 heterocycles. The number of imide groups is 1. The summed E-state index contributed by atoms with van der Waals surface area (Å²) in [6.45, 7) is -0.139. The van der Waals surface area contributed by atoms with Gasteiger partial charge in [-0.3, -0.25) is 19.3 Å². The van der Waals surface area contributed by atoms with Crippen LogP contribution in [0.1, 0.15) is 42.4 Å². The summed E-state index contributed by atoms with van der Waals surface area (Å²) < 4.78 is 20.8. The second kappa shape index (κ2) is 8.74. The zero-order valence-electron chi connectivity index (χ0n) is 17.7. The molecule has 1 aromatic heterocycles. The van der Waals surface area contributed by atoms with Crippen LogP contribution in [-0.2, 0) is 22.6 Å². The van der Waals surface area contributed by atoms with Gasteiger partial charge >= 0.3 is 5.97 Å². The van der Waals surface area contributed by atoms with E-state index in [4.69, 9.17) is 18.6 Å². The Hall–Kier alpha value is -4.60. The van der Waals surface area contributed by atoms with Crippen molar-refractivity contribution in [2.24, 2.45) is 0 Å². The number of carbonyl (C=O) groups is 4. The molecular weight excluding hydrogens is 444 g/mol. The molecule has 2 aliphatic heterocycles. The van der Waals surface area contributed by atoms with Crippen LogP contribution in [0.5, 0.6) is 11.5 Å². The largest absolute Gasteiger partial charge is 0.467 e. The number of fused-ring (bicyclic) bond motifs is 2. The third-order valence-corrected chi connectivity index (χ3v) is 5.36. The van der Waals surface area contributed by atoms with Crippen LogP contribution in [0.2, 0.25) is 0 Å². The molecule has 10 heteroatoms. The summed E-state index contributed by atoms with van der Waals surface area (Å²) in [5, 5.41) is 2.65. The van der Waals surface area contributed by atoms with E-state index in [1.54, 1.807) is 30.3 Å². The summed E-state index contributed by atoms with van der Waals surface area (Å²) in [6.07, 6.45) is 1.45. The minimum absolute atomic E-state index is 0.0112. The monoisotopic (exact) mass is 462 g/mol. The number of amides is 3. The van der Waals surface area contributed by atoms with E-state index in [0.717, 1.165) is 10.5 Å². The maximum absolute atomic E-state index is 12.7. The van der Waals surface area contributed by atoms with E-state index in [-0.39, 0.29) is 36.6 Å². The number of furan rings is 1. The van der Waals surface area contributed by atoms with Gasteiger partial charge in [-0.15, -0.1) is 0 Å². The van der Waals surface area contributed by atoms with Crippen LogP contribution in [0.4, 0.5) is 0 Å². The van der Waals surface area contributed by atoms with E-state index in [9.17, 15) is 19.2 Å². The van der Waals surface area contributed by atoms with Crippen LogP contribution < -0.4 is 14.8 Å². The van der Waals surface area contributed by atoms with Gasteiger partial charge in [0.15, 0.2) is 18.1 Å². The minimum Gasteiger partial charge on any atom is -0.467 e. The summed E-state index contributed by atoms with van der Waals surface area (Å²) in [4.78, 5) is 50.8. The van der Waals surface area contributed by atoms with Crippen LogP contribution in [-0.4, -0.2) is 42.0 Å². The zero-order chi connectivity index (χ0) is 23.7. The van der Waals surface area contributed by atoms with Gasteiger partial charge < -0.3 is 23.9 Å². The van der Waals surface area contributed by atoms with Crippen LogP contribution in [0, 0.1) is 0 Å². The van der Waals surface area contributed by atoms with E-state index in [1.807, 2.05) is 0 Å². The number of nitrogens with zero attached hydrogens (tertiary/aromatic N) is 1. The van der Waals surface area contributed by atoms with Crippen molar-refractivity contribution in [1.29, 1.82) is 0 Å². The molecule has 10 nitrogen and oxygen atoms in total. The first kappa shape index (κ1) is 21.3. The lowest BCUT2D eigenvalue weighted by Gasteiger charge is -2.11. The predicted octanol–water partition coefficient (Wildman–Crippen LogP) is 2.28. The molecule has 0 saturated heterocycles. The Morgan fingerprint density at radius 1 is 0.971 bits per heavy atom. The van der Waals surface area contributed by atoms with Gasteiger partial charge in [0.2, 0.25) is 6.79 Å². The lowest BCUT2D eigenvalue weighted by molar-refractivity contribution is -0.124. The number of hydrogen-bond acceptors (Lipinski definition) is 8. The number of hydrogen-bond donors (Lipinski definition) is 1. The molecule has 5 rings (SSSR count). The Kier molecular flexibility index (Phi) is 5.46. The average Bonchev–Trinajstić information content (AvgIpc) is 3.58. The van der Waals surface area contributed by atoms with Crippen molar-refractivity contribution in [3.8, 4) is 11.5 Å². The second-order valence-corrected chi connectivity index (χ2v) is 7.58. The molecule has 172 valence electrons. The van der Waals surface area contributed by atoms with Crippen molar-refractivity contribution in [1.82, 2.24) is 10.2 Å². The van der Waals surface area contributed by atoms with Gasteiger partial charge in [0.05, 0.1) is 29.5 Å². The number of ether oxygens (including phenoxy) is 3. The molecule has 0 fully saturated rings. The summed E-state index contributed by atoms with van der Waals surface area (Å²) >= 11 is 0. The van der Waals surface area contributed by atoms with E-state index in [0.29, 0.717) is 17.3 Å². The first-order valence-electron chi connectivity index (χ1n) is 10.3. The van der Waals surface area contributed by atoms with E-state index in [1.165, 1.54) is 24.5 Å². The van der Waals surface area contributed by atoms with Crippen molar-refractivity contribution in [3.63, 3.8) is 0 Å². The van der Waals surface area contributed by atoms with E-state index >= 15 is 0 Å². The molecule has 2 aliphatic rings. The third-order valence-electron chi connectivity index (χ3n) is 5.36. The van der Waals surface area contributed by atoms with Crippen LogP contribution >= 0.6 is 0 Å². The number of esters is 1. The standard InChI is InChI=1S/C24H18N2O8/c27-21(25-10-14-3-6-19-20(8-14)34-13-33-19)12-32-24(30)15-4-5-17-18(9-15)23(29)26(22(17)28)11-16-2-1-7-31-16/h1-9H,10-13H2,(H,25,27). The molecule has 0 radical (unpaired) electrons. The van der Waals surface area contributed by atoms with Crippen LogP contribution in [0.3, 0.4) is 0 Å². The lowest BCUT2D eigenvalue weighted by atomic mass is 10.1. The molecule has 3 amide bonds. The fraction of sp³-hybridized carbons (Fsp3) is 0.167. The van der Waals surface area contributed by atoms with Gasteiger partial charge in [-0.05, 0) is 48.0 Å². The lowest BCUT2D eigenvalue weighted by Crippen LogP contribution is -2.29. The Labute approximate surface area is 193 Å². The maximum atomic E-state index is 12.7. The highest BCUT2D eigenvalue weighted by Gasteiger charge is 2.36. The zero-order valence-corrected chi connectivity index (χ0v) is 17.7. The fourth-order valence-electron chi connectivity index (χ4n) is 3.64. The van der Waals surface area contributed by atoms with E-state index < -0.39 is 30.3 Å². The van der Waals surface area contributed by atoms with Gasteiger partial charge in [-0.2, -0.15) is 0 Å². The minimum atomic E-state index is -0.786. The molecule has 0 saturated carbocycles. The summed E-state index contributed by atoms with van der Waals surface area (Å²) in [5.41, 5.74) is 1.14. The van der Waals surface area contributed by atoms with Gasteiger partial charge in [-0.25, -0.2) is 4.79 Å². The summed E-state index contributed by atoms with van der Waals surface area (Å²) in [6, 6.07) is 12.7.